The van der Waals surface area contributed by atoms with Gasteiger partial charge in [0.15, 0.2) is 0 Å². The van der Waals surface area contributed by atoms with Crippen LogP contribution in [0.4, 0.5) is 0 Å². The van der Waals surface area contributed by atoms with Gasteiger partial charge in [-0.25, -0.2) is 0 Å². The normalized spacial score (nSPS) is 17.3. The van der Waals surface area contributed by atoms with Crippen molar-refractivity contribution in [2.24, 2.45) is 5.73 Å². The summed E-state index contributed by atoms with van der Waals surface area (Å²) in [6.45, 7) is 4.27. The van der Waals surface area contributed by atoms with Gasteiger partial charge in [0, 0.05) is 18.7 Å². The van der Waals surface area contributed by atoms with Gasteiger partial charge in [-0.1, -0.05) is 31.0 Å². The molecule has 1 unspecified atom stereocenters. The Morgan fingerprint density at radius 3 is 2.67 bits per heavy atom. The summed E-state index contributed by atoms with van der Waals surface area (Å²) in [6.07, 6.45) is 8.14. The number of aryl methyl sites for hydroxylation is 2. The highest BCUT2D eigenvalue weighted by atomic mass is 15.3. The second kappa shape index (κ2) is 6.02. The fourth-order valence-corrected chi connectivity index (χ4v) is 3.20. The van der Waals surface area contributed by atoms with Gasteiger partial charge in [0.05, 0.1) is 11.7 Å². The van der Waals surface area contributed by atoms with Crippen LogP contribution in [0.2, 0.25) is 0 Å². The molecule has 2 aromatic rings. The molecule has 3 rings (SSSR count). The molecule has 112 valence electrons. The Morgan fingerprint density at radius 2 is 1.95 bits per heavy atom. The highest BCUT2D eigenvalue weighted by molar-refractivity contribution is 5.32. The quantitative estimate of drug-likeness (QED) is 0.926. The van der Waals surface area contributed by atoms with Gasteiger partial charge in [0.1, 0.15) is 0 Å². The van der Waals surface area contributed by atoms with Crippen LogP contribution >= 0.6 is 0 Å². The first-order chi connectivity index (χ1) is 10.1. The maximum absolute atomic E-state index is 6.36. The summed E-state index contributed by atoms with van der Waals surface area (Å²) in [6, 6.07) is 9.25. The van der Waals surface area contributed by atoms with Gasteiger partial charge in [0.25, 0.3) is 0 Å². The highest BCUT2D eigenvalue weighted by Crippen LogP contribution is 2.29. The minimum atomic E-state index is 0.0243. The Balaban J connectivity index is 1.69. The van der Waals surface area contributed by atoms with E-state index in [2.05, 4.69) is 49.0 Å². The number of benzene rings is 1. The van der Waals surface area contributed by atoms with Crippen molar-refractivity contribution in [3.63, 3.8) is 0 Å². The van der Waals surface area contributed by atoms with Crippen molar-refractivity contribution >= 4 is 0 Å². The van der Waals surface area contributed by atoms with Crippen molar-refractivity contribution in [1.29, 1.82) is 0 Å². The Morgan fingerprint density at radius 1 is 1.19 bits per heavy atom. The van der Waals surface area contributed by atoms with Crippen LogP contribution in [0.5, 0.6) is 0 Å². The van der Waals surface area contributed by atoms with E-state index < -0.39 is 0 Å². The van der Waals surface area contributed by atoms with E-state index in [0.717, 1.165) is 12.1 Å². The average molecular weight is 283 g/mol. The lowest BCUT2D eigenvalue weighted by Gasteiger charge is -2.13. The molecule has 3 nitrogen and oxygen atoms in total. The van der Waals surface area contributed by atoms with Crippen LogP contribution in [0, 0.1) is 13.8 Å². The van der Waals surface area contributed by atoms with E-state index >= 15 is 0 Å². The van der Waals surface area contributed by atoms with Gasteiger partial charge in [-0.15, -0.1) is 0 Å². The van der Waals surface area contributed by atoms with Gasteiger partial charge < -0.3 is 5.73 Å². The minimum absolute atomic E-state index is 0.0243. The van der Waals surface area contributed by atoms with Gasteiger partial charge in [-0.2, -0.15) is 5.10 Å². The van der Waals surface area contributed by atoms with Crippen LogP contribution in [-0.4, -0.2) is 9.78 Å². The largest absolute Gasteiger partial charge is 0.324 e. The van der Waals surface area contributed by atoms with Crippen molar-refractivity contribution in [1.82, 2.24) is 9.78 Å². The summed E-state index contributed by atoms with van der Waals surface area (Å²) in [5.41, 5.74) is 11.3. The number of hydrogen-bond acceptors (Lipinski definition) is 2. The Bertz CT molecular complexity index is 609. The third-order valence-electron chi connectivity index (χ3n) is 4.75. The zero-order valence-electron chi connectivity index (χ0n) is 13.0. The maximum atomic E-state index is 6.36. The minimum Gasteiger partial charge on any atom is -0.324 e. The van der Waals surface area contributed by atoms with Crippen LogP contribution in [0.3, 0.4) is 0 Å². The molecular weight excluding hydrogens is 258 g/mol. The molecule has 1 aliphatic rings. The monoisotopic (exact) mass is 283 g/mol. The molecule has 0 bridgehead atoms. The fourth-order valence-electron chi connectivity index (χ4n) is 3.20. The molecule has 1 heterocycles. The number of rotatable bonds is 4. The predicted molar refractivity (Wildman–Crippen MR) is 86.3 cm³/mol. The predicted octanol–water partition coefficient (Wildman–Crippen LogP) is 3.86. The summed E-state index contributed by atoms with van der Waals surface area (Å²) < 4.78 is 2.15. The molecular formula is C18H25N3. The summed E-state index contributed by atoms with van der Waals surface area (Å²) in [7, 11) is 0. The number of nitrogens with two attached hydrogens (primary N) is 1. The molecule has 1 fully saturated rings. The molecule has 1 saturated carbocycles. The van der Waals surface area contributed by atoms with Gasteiger partial charge in [0.2, 0.25) is 0 Å². The fraction of sp³-hybridized carbons (Fsp3) is 0.500. The molecule has 1 aliphatic carbocycles. The van der Waals surface area contributed by atoms with Crippen LogP contribution in [0.1, 0.15) is 60.2 Å². The summed E-state index contributed by atoms with van der Waals surface area (Å²) in [4.78, 5) is 0. The second-order valence-corrected chi connectivity index (χ2v) is 6.38. The van der Waals surface area contributed by atoms with Gasteiger partial charge >= 0.3 is 0 Å². The molecule has 0 amide bonds. The summed E-state index contributed by atoms with van der Waals surface area (Å²) in [5.74, 6) is 0. The average Bonchev–Trinajstić information content (AvgIpc) is 3.12. The second-order valence-electron chi connectivity index (χ2n) is 6.38. The van der Waals surface area contributed by atoms with Gasteiger partial charge in [-0.05, 0) is 49.4 Å². The SMILES string of the molecule is Cc1ccc(C(N)Cc2ccn(C3CCCC3)n2)cc1C. The van der Waals surface area contributed by atoms with E-state index in [9.17, 15) is 0 Å². The summed E-state index contributed by atoms with van der Waals surface area (Å²) >= 11 is 0. The molecule has 2 N–H and O–H groups in total. The van der Waals surface area contributed by atoms with Crippen LogP contribution in [0.25, 0.3) is 0 Å². The topological polar surface area (TPSA) is 43.8 Å². The number of aromatic nitrogens is 2. The Hall–Kier alpha value is -1.61. The molecule has 0 radical (unpaired) electrons. The molecule has 0 saturated heterocycles. The summed E-state index contributed by atoms with van der Waals surface area (Å²) in [5, 5.41) is 4.73. The lowest BCUT2D eigenvalue weighted by atomic mass is 9.99. The number of nitrogens with zero attached hydrogens (tertiary/aromatic N) is 2. The van der Waals surface area contributed by atoms with Crippen molar-refractivity contribution in [2.75, 3.05) is 0 Å². The van der Waals surface area contributed by atoms with Crippen LogP contribution < -0.4 is 5.73 Å². The zero-order valence-corrected chi connectivity index (χ0v) is 13.0. The Kier molecular flexibility index (Phi) is 4.11. The van der Waals surface area contributed by atoms with Crippen LogP contribution in [-0.2, 0) is 6.42 Å². The molecule has 21 heavy (non-hydrogen) atoms. The van der Waals surface area contributed by atoms with Crippen molar-refractivity contribution < 1.29 is 0 Å². The van der Waals surface area contributed by atoms with E-state index in [4.69, 9.17) is 10.8 Å². The van der Waals surface area contributed by atoms with E-state index in [0.29, 0.717) is 6.04 Å². The first kappa shape index (κ1) is 14.3. The van der Waals surface area contributed by atoms with Crippen molar-refractivity contribution in [3.8, 4) is 0 Å². The zero-order chi connectivity index (χ0) is 14.8. The molecule has 1 atom stereocenters. The highest BCUT2D eigenvalue weighted by Gasteiger charge is 2.18. The lowest BCUT2D eigenvalue weighted by molar-refractivity contribution is 0.461. The third kappa shape index (κ3) is 3.18. The molecule has 1 aromatic heterocycles. The van der Waals surface area contributed by atoms with E-state index in [-0.39, 0.29) is 6.04 Å². The van der Waals surface area contributed by atoms with E-state index in [1.165, 1.54) is 42.4 Å². The standard InChI is InChI=1S/C18H25N3/c1-13-7-8-15(11-14(13)2)18(19)12-16-9-10-21(20-16)17-5-3-4-6-17/h7-11,17-18H,3-6,12,19H2,1-2H3. The van der Waals surface area contributed by atoms with Gasteiger partial charge in [-0.3, -0.25) is 4.68 Å². The molecule has 1 aromatic carbocycles. The first-order valence-electron chi connectivity index (χ1n) is 8.00. The molecule has 0 aliphatic heterocycles. The van der Waals surface area contributed by atoms with E-state index in [1.54, 1.807) is 0 Å². The first-order valence-corrected chi connectivity index (χ1v) is 8.00. The van der Waals surface area contributed by atoms with Crippen molar-refractivity contribution in [3.05, 3.63) is 52.8 Å². The smallest absolute Gasteiger partial charge is 0.0643 e. The maximum Gasteiger partial charge on any atom is 0.0643 e. The Labute approximate surface area is 127 Å². The van der Waals surface area contributed by atoms with Crippen molar-refractivity contribution in [2.45, 2.75) is 58.0 Å². The molecule has 0 spiro atoms. The van der Waals surface area contributed by atoms with Crippen LogP contribution in [0.15, 0.2) is 30.5 Å². The van der Waals surface area contributed by atoms with E-state index in [1.807, 2.05) is 0 Å². The lowest BCUT2D eigenvalue weighted by Crippen LogP contribution is -2.14. The molecule has 3 heteroatoms. The number of hydrogen-bond donors (Lipinski definition) is 1. The third-order valence-corrected chi connectivity index (χ3v) is 4.75.